The van der Waals surface area contributed by atoms with Gasteiger partial charge in [0, 0.05) is 0 Å². The summed E-state index contributed by atoms with van der Waals surface area (Å²) in [5, 5.41) is 0.783. The number of aliphatic imine (C=N–C) groups is 2. The molecule has 174 valence electrons. The number of hydrogen-bond acceptors (Lipinski definition) is 5. The van der Waals surface area contributed by atoms with Crippen LogP contribution in [0.3, 0.4) is 0 Å². The minimum atomic E-state index is 0.401. The molecule has 3 aromatic rings. The number of rotatable bonds is 8. The zero-order valence-electron chi connectivity index (χ0n) is 21.1. The van der Waals surface area contributed by atoms with Crippen LogP contribution < -0.4 is 0 Å². The van der Waals surface area contributed by atoms with Gasteiger partial charge in [0.05, 0.1) is 23.8 Å². The average Bonchev–Trinajstić information content (AvgIpc) is 3.23. The van der Waals surface area contributed by atoms with E-state index in [1.807, 2.05) is 6.21 Å². The third kappa shape index (κ3) is 6.02. The topological polar surface area (TPSA) is 50.5 Å². The lowest BCUT2D eigenvalue weighted by Gasteiger charge is -2.16. The molecule has 1 heterocycles. The van der Waals surface area contributed by atoms with Crippen molar-refractivity contribution in [1.29, 1.82) is 0 Å². The summed E-state index contributed by atoms with van der Waals surface area (Å²) in [6.07, 6.45) is 3.62. The maximum Gasteiger partial charge on any atom is 0.184 e. The van der Waals surface area contributed by atoms with Crippen LogP contribution in [0, 0.1) is 0 Å². The highest BCUT2D eigenvalue weighted by Crippen LogP contribution is 2.35. The third-order valence-electron chi connectivity index (χ3n) is 5.76. The average molecular weight is 461 g/mol. The van der Waals surface area contributed by atoms with Crippen LogP contribution in [0.25, 0.3) is 0 Å². The molecule has 0 N–H and O–H groups in total. The number of para-hydroxylation sites is 2. The van der Waals surface area contributed by atoms with Gasteiger partial charge in [-0.1, -0.05) is 91.8 Å². The molecule has 0 fully saturated rings. The van der Waals surface area contributed by atoms with Gasteiger partial charge >= 0.3 is 0 Å². The smallest absolute Gasteiger partial charge is 0.184 e. The van der Waals surface area contributed by atoms with E-state index in [4.69, 9.17) is 9.98 Å². The van der Waals surface area contributed by atoms with Crippen molar-refractivity contribution in [3.8, 4) is 0 Å². The van der Waals surface area contributed by atoms with E-state index in [9.17, 15) is 0 Å². The molecule has 0 radical (unpaired) electrons. The Bertz CT molecular complexity index is 996. The van der Waals surface area contributed by atoms with E-state index in [0.29, 0.717) is 29.5 Å². The van der Waals surface area contributed by atoms with Crippen molar-refractivity contribution in [1.82, 2.24) is 9.36 Å². The lowest BCUT2D eigenvalue weighted by molar-refractivity contribution is 0.835. The quantitative estimate of drug-likeness (QED) is 0.316. The Labute approximate surface area is 203 Å². The molecule has 0 bridgehead atoms. The molecule has 0 aliphatic heterocycles. The first-order chi connectivity index (χ1) is 15.7. The van der Waals surface area contributed by atoms with Crippen molar-refractivity contribution < 1.29 is 0 Å². The van der Waals surface area contributed by atoms with Gasteiger partial charge in [0.25, 0.3) is 0 Å². The van der Waals surface area contributed by atoms with Gasteiger partial charge in [0.1, 0.15) is 0 Å². The number of nitrogens with zero attached hydrogens (tertiary/aromatic N) is 4. The van der Waals surface area contributed by atoms with Crippen molar-refractivity contribution >= 4 is 35.3 Å². The molecule has 0 spiro atoms. The van der Waals surface area contributed by atoms with Gasteiger partial charge in [-0.3, -0.25) is 9.98 Å². The van der Waals surface area contributed by atoms with E-state index >= 15 is 0 Å². The summed E-state index contributed by atoms with van der Waals surface area (Å²) < 4.78 is 4.50. The zero-order valence-corrected chi connectivity index (χ0v) is 21.9. The van der Waals surface area contributed by atoms with Crippen molar-refractivity contribution in [2.45, 2.75) is 79.1 Å². The molecule has 2 aromatic carbocycles. The summed E-state index contributed by atoms with van der Waals surface area (Å²) >= 11 is 1.35. The highest BCUT2D eigenvalue weighted by atomic mass is 32.1. The molecule has 3 rings (SSSR count). The molecule has 0 aliphatic carbocycles. The van der Waals surface area contributed by atoms with E-state index in [1.165, 1.54) is 33.8 Å². The first-order valence-electron chi connectivity index (χ1n) is 11.9. The molecule has 0 saturated carbocycles. The fourth-order valence-corrected chi connectivity index (χ4v) is 4.43. The van der Waals surface area contributed by atoms with Crippen molar-refractivity contribution in [3.63, 3.8) is 0 Å². The van der Waals surface area contributed by atoms with E-state index < -0.39 is 0 Å². The standard InChI is InChI=1S/C28H36N4S/c1-17(2)21-11-9-12-22(18(3)4)27(21)29-15-25-31-26(33-32-25)16-30-28-23(19(5)6)13-10-14-24(28)20(7)8/h9-20H,1-8H3. The van der Waals surface area contributed by atoms with Crippen LogP contribution in [0.1, 0.15) is 112 Å². The predicted molar refractivity (Wildman–Crippen MR) is 144 cm³/mol. The Hall–Kier alpha value is -2.66. The summed E-state index contributed by atoms with van der Waals surface area (Å²) in [6, 6.07) is 12.9. The zero-order chi connectivity index (χ0) is 24.1. The molecule has 1 aromatic heterocycles. The molecule has 0 atom stereocenters. The SMILES string of the molecule is CC(C)c1cccc(C(C)C)c1N=Cc1nsc(C=Nc2c(C(C)C)cccc2C(C)C)n1. The Morgan fingerprint density at radius 3 is 1.42 bits per heavy atom. The van der Waals surface area contributed by atoms with Gasteiger partial charge in [-0.15, -0.1) is 0 Å². The highest BCUT2D eigenvalue weighted by molar-refractivity contribution is 7.07. The molecule has 5 heteroatoms. The van der Waals surface area contributed by atoms with E-state index in [2.05, 4.69) is 101 Å². The van der Waals surface area contributed by atoms with E-state index in [0.717, 1.165) is 16.4 Å². The van der Waals surface area contributed by atoms with Crippen LogP contribution in [0.5, 0.6) is 0 Å². The second-order valence-electron chi connectivity index (χ2n) is 9.70. The second-order valence-corrected chi connectivity index (χ2v) is 10.5. The molecular formula is C28H36N4S. The van der Waals surface area contributed by atoms with E-state index in [1.54, 1.807) is 6.21 Å². The number of benzene rings is 2. The highest BCUT2D eigenvalue weighted by Gasteiger charge is 2.14. The fourth-order valence-electron chi connectivity index (χ4n) is 3.92. The van der Waals surface area contributed by atoms with Crippen molar-refractivity contribution in [3.05, 3.63) is 69.5 Å². The van der Waals surface area contributed by atoms with Gasteiger partial charge in [-0.05, 0) is 57.5 Å². The Morgan fingerprint density at radius 2 is 1.03 bits per heavy atom. The lowest BCUT2D eigenvalue weighted by atomic mass is 9.93. The molecule has 0 aliphatic rings. The summed E-state index contributed by atoms with van der Waals surface area (Å²) in [7, 11) is 0. The van der Waals surface area contributed by atoms with Gasteiger partial charge in [-0.2, -0.15) is 4.37 Å². The van der Waals surface area contributed by atoms with Crippen LogP contribution in [0.15, 0.2) is 46.4 Å². The molecule has 0 saturated heterocycles. The Balaban J connectivity index is 1.90. The predicted octanol–water partition coefficient (Wildman–Crippen LogP) is 8.53. The largest absolute Gasteiger partial charge is 0.253 e. The fraction of sp³-hybridized carbons (Fsp3) is 0.429. The second kappa shape index (κ2) is 11.0. The van der Waals surface area contributed by atoms with Crippen LogP contribution in [0.4, 0.5) is 11.4 Å². The van der Waals surface area contributed by atoms with Crippen LogP contribution in [0.2, 0.25) is 0 Å². The van der Waals surface area contributed by atoms with Gasteiger partial charge in [0.2, 0.25) is 0 Å². The first kappa shape index (κ1) is 25.0. The summed E-state index contributed by atoms with van der Waals surface area (Å²) in [4.78, 5) is 14.3. The molecule has 0 unspecified atom stereocenters. The first-order valence-corrected chi connectivity index (χ1v) is 12.6. The number of aromatic nitrogens is 2. The van der Waals surface area contributed by atoms with Crippen LogP contribution in [-0.2, 0) is 0 Å². The minimum absolute atomic E-state index is 0.401. The van der Waals surface area contributed by atoms with Crippen LogP contribution >= 0.6 is 11.5 Å². The third-order valence-corrected chi connectivity index (χ3v) is 6.42. The van der Waals surface area contributed by atoms with Crippen molar-refractivity contribution in [2.24, 2.45) is 9.98 Å². The normalized spacial score (nSPS) is 12.5. The van der Waals surface area contributed by atoms with Gasteiger partial charge < -0.3 is 0 Å². The summed E-state index contributed by atoms with van der Waals surface area (Å²) in [5.74, 6) is 2.24. The molecule has 0 amide bonds. The molecule has 33 heavy (non-hydrogen) atoms. The molecular weight excluding hydrogens is 424 g/mol. The summed E-state index contributed by atoms with van der Waals surface area (Å²) in [5.41, 5.74) is 7.12. The van der Waals surface area contributed by atoms with Crippen LogP contribution in [-0.4, -0.2) is 21.8 Å². The Morgan fingerprint density at radius 1 is 0.636 bits per heavy atom. The summed E-state index contributed by atoms with van der Waals surface area (Å²) in [6.45, 7) is 17.6. The van der Waals surface area contributed by atoms with Gasteiger partial charge in [-0.25, -0.2) is 4.98 Å². The number of hydrogen-bond donors (Lipinski definition) is 0. The lowest BCUT2D eigenvalue weighted by Crippen LogP contribution is -1.96. The molecule has 4 nitrogen and oxygen atoms in total. The minimum Gasteiger partial charge on any atom is -0.253 e. The van der Waals surface area contributed by atoms with Crippen molar-refractivity contribution in [2.75, 3.05) is 0 Å². The van der Waals surface area contributed by atoms with E-state index in [-0.39, 0.29) is 0 Å². The maximum atomic E-state index is 4.86. The van der Waals surface area contributed by atoms with Gasteiger partial charge in [0.15, 0.2) is 10.8 Å². The Kier molecular flexibility index (Phi) is 8.30. The monoisotopic (exact) mass is 460 g/mol. The maximum absolute atomic E-state index is 4.86.